The zero-order valence-electron chi connectivity index (χ0n) is 42.7. The maximum atomic E-state index is 12.8. The first-order valence-corrected chi connectivity index (χ1v) is 26.8. The third-order valence-electron chi connectivity index (χ3n) is 11.1. The van der Waals surface area contributed by atoms with Gasteiger partial charge in [0.05, 0.1) is 0 Å². The molecule has 0 aromatic heterocycles. The Bertz CT molecular complexity index is 1430. The predicted octanol–water partition coefficient (Wildman–Crippen LogP) is 17.4. The van der Waals surface area contributed by atoms with E-state index in [1.807, 2.05) is 12.2 Å². The van der Waals surface area contributed by atoms with Gasteiger partial charge in [-0.15, -0.1) is 0 Å². The lowest BCUT2D eigenvalue weighted by molar-refractivity contribution is -0.198. The van der Waals surface area contributed by atoms with Crippen LogP contribution in [0.4, 0.5) is 0 Å². The number of rotatable bonds is 47. The molecule has 0 aromatic carbocycles. The molecule has 0 aliphatic heterocycles. The van der Waals surface area contributed by atoms with E-state index in [0.29, 0.717) is 6.42 Å². The lowest BCUT2D eigenvalue weighted by atomic mass is 10.1. The number of unbranched alkanes of at least 4 members (excludes halogenated alkanes) is 23. The molecule has 8 heteroatoms. The van der Waals surface area contributed by atoms with E-state index in [0.717, 1.165) is 89.9 Å². The van der Waals surface area contributed by atoms with E-state index in [1.165, 1.54) is 121 Å². The summed E-state index contributed by atoms with van der Waals surface area (Å²) in [6.45, 7) is 6.25. The van der Waals surface area contributed by atoms with E-state index < -0.39 is 18.0 Å². The van der Waals surface area contributed by atoms with Crippen LogP contribution in [0.1, 0.15) is 226 Å². The molecule has 8 nitrogen and oxygen atoms in total. The van der Waals surface area contributed by atoms with Crippen molar-refractivity contribution in [1.82, 2.24) is 0 Å². The number of carbonyl (C=O) groups is 3. The number of esters is 3. The molecule has 0 aliphatic rings. The monoisotopic (exact) mass is 933 g/mol. The topological polar surface area (TPSA) is 108 Å². The van der Waals surface area contributed by atoms with Crippen molar-refractivity contribution >= 4 is 17.9 Å². The van der Waals surface area contributed by atoms with Crippen molar-refractivity contribution in [2.75, 3.05) is 13.2 Å². The van der Waals surface area contributed by atoms with Gasteiger partial charge in [-0.25, -0.2) is 10.1 Å². The quantitative estimate of drug-likeness (QED) is 0.00740. The molecule has 1 atom stereocenters. The Kier molecular flexibility index (Phi) is 49.5. The van der Waals surface area contributed by atoms with Crippen molar-refractivity contribution in [2.24, 2.45) is 0 Å². The van der Waals surface area contributed by atoms with Gasteiger partial charge >= 0.3 is 17.9 Å². The van der Waals surface area contributed by atoms with Crippen molar-refractivity contribution in [3.63, 3.8) is 0 Å². The van der Waals surface area contributed by atoms with Gasteiger partial charge in [0.15, 0.2) is 11.9 Å². The Balaban J connectivity index is 4.81. The third-order valence-corrected chi connectivity index (χ3v) is 11.1. The highest BCUT2D eigenvalue weighted by Crippen LogP contribution is 2.13. The van der Waals surface area contributed by atoms with Crippen LogP contribution in [0, 0.1) is 0 Å². The molecule has 0 fully saturated rings. The number of hydrogen-bond acceptors (Lipinski definition) is 8. The van der Waals surface area contributed by atoms with Gasteiger partial charge in [0.2, 0.25) is 0 Å². The molecular weight excluding hydrogens is 837 g/mol. The zero-order valence-corrected chi connectivity index (χ0v) is 42.7. The molecule has 0 saturated carbocycles. The zero-order chi connectivity index (χ0) is 48.8. The van der Waals surface area contributed by atoms with Crippen LogP contribution < -0.4 is 0 Å². The van der Waals surface area contributed by atoms with Gasteiger partial charge in [0.25, 0.3) is 0 Å². The van der Waals surface area contributed by atoms with Gasteiger partial charge in [-0.3, -0.25) is 9.59 Å². The first-order valence-electron chi connectivity index (χ1n) is 26.8. The number of ether oxygens (including phenoxy) is 3. The summed E-state index contributed by atoms with van der Waals surface area (Å²) in [5, 5.41) is 9.26. The van der Waals surface area contributed by atoms with E-state index >= 15 is 0 Å². The summed E-state index contributed by atoms with van der Waals surface area (Å²) in [6, 6.07) is 0. The standard InChI is InChI=1S/C59H96O8/c1-4-7-10-13-16-19-22-25-27-29-32-35-38-41-44-50-57(60)64-53-56(66-59(62)52-45-42-39-36-33-30-28-26-23-20-17-14-11-8-5-2)54-65-58(61)51-47-46-49-55(67-63)48-43-40-37-34-31-24-21-18-15-12-9-6-3/h16-17,19-20,25-28,34,37,40,43,46-49,51,56,63H,4-15,18,21-24,29-33,35-36,38-39,41-42,44-45,50,52-54H2,1-3H3/b19-16-,20-17-,27-25-,28-26-,37-34?,43-40?,49-46?,51-47?,55-48?. The van der Waals surface area contributed by atoms with E-state index in [-0.39, 0.29) is 37.8 Å². The van der Waals surface area contributed by atoms with Gasteiger partial charge in [-0.1, -0.05) is 209 Å². The Morgan fingerprint density at radius 1 is 0.418 bits per heavy atom. The van der Waals surface area contributed by atoms with Crippen LogP contribution in [0.2, 0.25) is 0 Å². The molecule has 0 amide bonds. The minimum Gasteiger partial charge on any atom is -0.462 e. The van der Waals surface area contributed by atoms with Crippen LogP contribution in [-0.2, 0) is 33.5 Å². The highest BCUT2D eigenvalue weighted by Gasteiger charge is 2.19. The second kappa shape index (κ2) is 52.8. The molecule has 1 unspecified atom stereocenters. The van der Waals surface area contributed by atoms with Crippen molar-refractivity contribution in [2.45, 2.75) is 232 Å². The highest BCUT2D eigenvalue weighted by atomic mass is 17.1. The SMILES string of the molecule is CCCCC/C=C\C/C=C\CCCCCCCC(=O)OCC(COC(=O)C=CC=CC(=CC=CC=CCCCCCCCCC)OO)OC(=O)CCCCCCC/C=C\C/C=C\CCCCC. The maximum absolute atomic E-state index is 12.8. The molecule has 0 bridgehead atoms. The van der Waals surface area contributed by atoms with Gasteiger partial charge in [0, 0.05) is 18.9 Å². The minimum atomic E-state index is -0.916. The molecule has 0 radical (unpaired) electrons. The van der Waals surface area contributed by atoms with Gasteiger partial charge in [-0.05, 0) is 102 Å². The summed E-state index contributed by atoms with van der Waals surface area (Å²) < 4.78 is 16.5. The van der Waals surface area contributed by atoms with Gasteiger partial charge in [0.1, 0.15) is 13.2 Å². The minimum absolute atomic E-state index is 0.187. The Labute approximate surface area is 409 Å². The fraction of sp³-hybridized carbons (Fsp3) is 0.644. The molecule has 0 aliphatic carbocycles. The van der Waals surface area contributed by atoms with Gasteiger partial charge < -0.3 is 19.1 Å². The summed E-state index contributed by atoms with van der Waals surface area (Å²) in [5.41, 5.74) is 0. The predicted molar refractivity (Wildman–Crippen MR) is 281 cm³/mol. The van der Waals surface area contributed by atoms with Gasteiger partial charge in [-0.2, -0.15) is 0 Å². The fourth-order valence-corrected chi connectivity index (χ4v) is 7.01. The molecule has 67 heavy (non-hydrogen) atoms. The summed E-state index contributed by atoms with van der Waals surface area (Å²) in [6.07, 6.45) is 66.8. The number of allylic oxidation sites excluding steroid dienone is 16. The first kappa shape index (κ1) is 62.8. The van der Waals surface area contributed by atoms with Crippen molar-refractivity contribution in [1.29, 1.82) is 0 Å². The van der Waals surface area contributed by atoms with Crippen LogP contribution in [0.3, 0.4) is 0 Å². The molecule has 0 rings (SSSR count). The first-order chi connectivity index (χ1) is 33.0. The van der Waals surface area contributed by atoms with Crippen molar-refractivity contribution in [3.05, 3.63) is 109 Å². The van der Waals surface area contributed by atoms with Crippen LogP contribution >= 0.6 is 0 Å². The van der Waals surface area contributed by atoms with Crippen LogP contribution in [0.15, 0.2) is 109 Å². The second-order valence-electron chi connectivity index (χ2n) is 17.5. The summed E-state index contributed by atoms with van der Waals surface area (Å²) in [5.74, 6) is -1.23. The largest absolute Gasteiger partial charge is 0.462 e. The Hall–Kier alpha value is -4.17. The molecular formula is C59H96O8. The Morgan fingerprint density at radius 3 is 1.36 bits per heavy atom. The molecule has 0 spiro atoms. The average Bonchev–Trinajstić information content (AvgIpc) is 3.33. The number of hydrogen-bond donors (Lipinski definition) is 1. The summed E-state index contributed by atoms with van der Waals surface area (Å²) in [7, 11) is 0. The normalized spacial score (nSPS) is 13.0. The van der Waals surface area contributed by atoms with Crippen LogP contribution in [0.5, 0.6) is 0 Å². The lowest BCUT2D eigenvalue weighted by Gasteiger charge is -2.18. The van der Waals surface area contributed by atoms with Crippen molar-refractivity contribution < 1.29 is 38.7 Å². The molecule has 0 saturated heterocycles. The third kappa shape index (κ3) is 49.6. The molecule has 1 N–H and O–H groups in total. The number of carbonyl (C=O) groups excluding carboxylic acids is 3. The summed E-state index contributed by atoms with van der Waals surface area (Å²) >= 11 is 0. The maximum Gasteiger partial charge on any atom is 0.330 e. The van der Waals surface area contributed by atoms with E-state index in [9.17, 15) is 19.6 Å². The fourth-order valence-electron chi connectivity index (χ4n) is 7.01. The second-order valence-corrected chi connectivity index (χ2v) is 17.5. The van der Waals surface area contributed by atoms with E-state index in [2.05, 4.69) is 80.3 Å². The summed E-state index contributed by atoms with van der Waals surface area (Å²) in [4.78, 5) is 42.4. The smallest absolute Gasteiger partial charge is 0.330 e. The van der Waals surface area contributed by atoms with Crippen LogP contribution in [0.25, 0.3) is 0 Å². The highest BCUT2D eigenvalue weighted by molar-refractivity contribution is 5.82. The average molecular weight is 933 g/mol. The Morgan fingerprint density at radius 2 is 0.836 bits per heavy atom. The van der Waals surface area contributed by atoms with E-state index in [1.54, 1.807) is 12.2 Å². The molecule has 0 aromatic rings. The molecule has 0 heterocycles. The van der Waals surface area contributed by atoms with Crippen molar-refractivity contribution in [3.8, 4) is 0 Å². The molecule has 380 valence electrons. The van der Waals surface area contributed by atoms with Crippen LogP contribution in [-0.4, -0.2) is 42.5 Å². The lowest BCUT2D eigenvalue weighted by Crippen LogP contribution is -2.30. The van der Waals surface area contributed by atoms with E-state index in [4.69, 9.17) is 14.2 Å².